The highest BCUT2D eigenvalue weighted by molar-refractivity contribution is 7.92. The van der Waals surface area contributed by atoms with Crippen molar-refractivity contribution >= 4 is 38.8 Å². The third-order valence-electron chi connectivity index (χ3n) is 7.49. The van der Waals surface area contributed by atoms with Gasteiger partial charge in [0.2, 0.25) is 0 Å². The highest BCUT2D eigenvalue weighted by Crippen LogP contribution is 2.55. The van der Waals surface area contributed by atoms with Gasteiger partial charge in [0.15, 0.2) is 27.3 Å². The maximum Gasteiger partial charge on any atom is 0.255 e. The molecule has 6 atom stereocenters. The number of Topliss-reactive ketones (excluding diaryl/α,β-unsaturated/α-hetero) is 1. The molecule has 7 nitrogen and oxygen atoms in total. The monoisotopic (exact) mass is 541 g/mol. The fraction of sp³-hybridized carbons (Fsp3) is 0.440. The van der Waals surface area contributed by atoms with Crippen LogP contribution in [0.5, 0.6) is 0 Å². The molecule has 0 spiro atoms. The number of hydrogen-bond acceptors (Lipinski definition) is 6. The Morgan fingerprint density at radius 3 is 2.42 bits per heavy atom. The lowest BCUT2D eigenvalue weighted by atomic mass is 9.70. The lowest BCUT2D eigenvalue weighted by Gasteiger charge is -2.42. The van der Waals surface area contributed by atoms with Crippen LogP contribution in [0.3, 0.4) is 0 Å². The molecule has 1 amide bonds. The number of sulfone groups is 1. The van der Waals surface area contributed by atoms with Crippen molar-refractivity contribution in [3.63, 3.8) is 0 Å². The smallest absolute Gasteiger partial charge is 0.255 e. The van der Waals surface area contributed by atoms with Gasteiger partial charge in [-0.3, -0.25) is 9.59 Å². The molecule has 2 aliphatic carbocycles. The number of amides is 1. The average Bonchev–Trinajstić information content (AvgIpc) is 2.94. The Labute approximate surface area is 212 Å². The van der Waals surface area contributed by atoms with Crippen LogP contribution in [0, 0.1) is 29.4 Å². The van der Waals surface area contributed by atoms with Crippen LogP contribution >= 0.6 is 11.6 Å². The van der Waals surface area contributed by atoms with Gasteiger partial charge in [0.05, 0.1) is 15.2 Å². The molecule has 36 heavy (non-hydrogen) atoms. The molecular formula is C25H26ClF2NO6S. The Balaban J connectivity index is 1.62. The first-order valence-corrected chi connectivity index (χ1v) is 13.4. The van der Waals surface area contributed by atoms with Gasteiger partial charge in [-0.25, -0.2) is 17.2 Å². The molecule has 2 aliphatic rings. The van der Waals surface area contributed by atoms with Crippen molar-refractivity contribution in [3.8, 4) is 0 Å². The van der Waals surface area contributed by atoms with Crippen molar-refractivity contribution in [1.29, 1.82) is 0 Å². The van der Waals surface area contributed by atoms with E-state index in [0.717, 1.165) is 18.2 Å². The number of ketones is 1. The normalized spacial score (nSPS) is 28.5. The van der Waals surface area contributed by atoms with E-state index in [1.54, 1.807) is 0 Å². The van der Waals surface area contributed by atoms with Gasteiger partial charge in [0, 0.05) is 17.3 Å². The Morgan fingerprint density at radius 2 is 1.81 bits per heavy atom. The van der Waals surface area contributed by atoms with Gasteiger partial charge in [0.1, 0.15) is 11.7 Å². The Hall–Kier alpha value is -2.40. The zero-order valence-corrected chi connectivity index (χ0v) is 21.1. The maximum atomic E-state index is 13.6. The van der Waals surface area contributed by atoms with Crippen LogP contribution in [0.4, 0.5) is 14.5 Å². The third-order valence-corrected chi connectivity index (χ3v) is 10.1. The van der Waals surface area contributed by atoms with Crippen LogP contribution in [0.2, 0.25) is 5.02 Å². The highest BCUT2D eigenvalue weighted by Gasteiger charge is 2.62. The van der Waals surface area contributed by atoms with E-state index >= 15 is 0 Å². The van der Waals surface area contributed by atoms with E-state index < -0.39 is 62.0 Å². The summed E-state index contributed by atoms with van der Waals surface area (Å²) >= 11 is 6.23. The van der Waals surface area contributed by atoms with Crippen LogP contribution in [-0.4, -0.2) is 47.3 Å². The summed E-state index contributed by atoms with van der Waals surface area (Å²) in [5.74, 6) is -5.11. The highest BCUT2D eigenvalue weighted by atomic mass is 35.5. The van der Waals surface area contributed by atoms with Crippen LogP contribution in [0.25, 0.3) is 0 Å². The SMILES string of the molecule is C[C@H](O)C(=O)[C@@]1(O)C2C[C@@H](S(=O)(=O)c3cc(C(=O)Nc4ccc(F)c(F)c4)ccc3Cl)CC1[C@@H](C)C2. The molecule has 2 aromatic carbocycles. The molecule has 0 radical (unpaired) electrons. The van der Waals surface area contributed by atoms with Crippen LogP contribution in [0.1, 0.15) is 43.5 Å². The molecule has 11 heteroatoms. The third kappa shape index (κ3) is 4.44. The van der Waals surface area contributed by atoms with E-state index in [4.69, 9.17) is 11.6 Å². The van der Waals surface area contributed by atoms with E-state index in [-0.39, 0.29) is 39.9 Å². The Kier molecular flexibility index (Phi) is 7.02. The summed E-state index contributed by atoms with van der Waals surface area (Å²) in [6.45, 7) is 3.13. The van der Waals surface area contributed by atoms with Gasteiger partial charge < -0.3 is 15.5 Å². The van der Waals surface area contributed by atoms with Crippen molar-refractivity contribution in [2.75, 3.05) is 5.32 Å². The molecular weight excluding hydrogens is 516 g/mol. The fourth-order valence-electron chi connectivity index (χ4n) is 5.71. The van der Waals surface area contributed by atoms with E-state index in [1.165, 1.54) is 25.1 Å². The molecule has 2 saturated carbocycles. The predicted molar refractivity (Wildman–Crippen MR) is 128 cm³/mol. The number of benzene rings is 2. The summed E-state index contributed by atoms with van der Waals surface area (Å²) < 4.78 is 53.9. The zero-order valence-electron chi connectivity index (χ0n) is 19.5. The number of halogens is 3. The minimum absolute atomic E-state index is 0.000255. The van der Waals surface area contributed by atoms with Gasteiger partial charge >= 0.3 is 0 Å². The standard InChI is InChI=1S/C25H26ClF2NO6S/c1-12-7-15-9-17(11-18(12)25(15,33)23(31)13(2)30)36(34,35)22-8-14(3-5-19(22)26)24(32)29-16-4-6-20(27)21(28)10-16/h3-6,8,10,12-13,15,17-18,30,33H,7,9,11H2,1-2H3,(H,29,32)/t12-,13-,15?,17+,18?,25+/m0/s1. The second-order valence-corrected chi connectivity index (χ2v) is 12.4. The van der Waals surface area contributed by atoms with Crippen LogP contribution in [-0.2, 0) is 14.6 Å². The average molecular weight is 542 g/mol. The minimum Gasteiger partial charge on any atom is -0.385 e. The number of hydrogen-bond donors (Lipinski definition) is 3. The topological polar surface area (TPSA) is 121 Å². The number of carbonyl (C=O) groups is 2. The summed E-state index contributed by atoms with van der Waals surface area (Å²) in [5, 5.41) is 22.4. The molecule has 2 aromatic rings. The van der Waals surface area contributed by atoms with E-state index in [2.05, 4.69) is 5.32 Å². The first-order chi connectivity index (χ1) is 16.8. The number of anilines is 1. The summed E-state index contributed by atoms with van der Waals surface area (Å²) in [6, 6.07) is 6.52. The molecule has 2 unspecified atom stereocenters. The molecule has 2 bridgehead atoms. The molecule has 0 aromatic heterocycles. The molecule has 0 aliphatic heterocycles. The summed E-state index contributed by atoms with van der Waals surface area (Å²) in [4.78, 5) is 25.1. The zero-order chi connectivity index (χ0) is 26.6. The maximum absolute atomic E-state index is 13.6. The first kappa shape index (κ1) is 26.7. The van der Waals surface area contributed by atoms with Crippen LogP contribution < -0.4 is 5.32 Å². The summed E-state index contributed by atoms with van der Waals surface area (Å²) in [6.07, 6.45) is -0.940. The van der Waals surface area contributed by atoms with Crippen molar-refractivity contribution in [3.05, 3.63) is 58.6 Å². The van der Waals surface area contributed by atoms with Gasteiger partial charge in [-0.2, -0.15) is 0 Å². The minimum atomic E-state index is -4.09. The lowest BCUT2D eigenvalue weighted by molar-refractivity contribution is -0.158. The van der Waals surface area contributed by atoms with Crippen molar-refractivity contribution in [1.82, 2.24) is 0 Å². The van der Waals surface area contributed by atoms with Gasteiger partial charge in [0.25, 0.3) is 5.91 Å². The Morgan fingerprint density at radius 1 is 1.11 bits per heavy atom. The number of rotatable bonds is 6. The lowest BCUT2D eigenvalue weighted by Crippen LogP contribution is -2.56. The molecule has 0 saturated heterocycles. The Bertz CT molecular complexity index is 1330. The predicted octanol–water partition coefficient (Wildman–Crippen LogP) is 3.76. The molecule has 0 heterocycles. The number of nitrogens with one attached hydrogen (secondary N) is 1. The molecule has 4 rings (SSSR count). The second-order valence-electron chi connectivity index (χ2n) is 9.75. The van der Waals surface area contributed by atoms with Crippen molar-refractivity contribution < 1.29 is 37.0 Å². The number of aliphatic hydroxyl groups is 2. The first-order valence-electron chi connectivity index (χ1n) is 11.5. The van der Waals surface area contributed by atoms with Crippen LogP contribution in [0.15, 0.2) is 41.3 Å². The summed E-state index contributed by atoms with van der Waals surface area (Å²) in [5.41, 5.74) is -1.87. The number of aliphatic hydroxyl groups excluding tert-OH is 1. The van der Waals surface area contributed by atoms with E-state index in [9.17, 15) is 37.0 Å². The summed E-state index contributed by atoms with van der Waals surface area (Å²) in [7, 11) is -4.09. The molecule has 2 fully saturated rings. The molecule has 194 valence electrons. The quantitative estimate of drug-likeness (QED) is 0.512. The second kappa shape index (κ2) is 9.48. The van der Waals surface area contributed by atoms with Gasteiger partial charge in [-0.1, -0.05) is 18.5 Å². The van der Waals surface area contributed by atoms with Gasteiger partial charge in [-0.05, 0) is 74.3 Å². The van der Waals surface area contributed by atoms with E-state index in [1.807, 2.05) is 6.92 Å². The van der Waals surface area contributed by atoms with Gasteiger partial charge in [-0.15, -0.1) is 0 Å². The van der Waals surface area contributed by atoms with Crippen molar-refractivity contribution in [2.45, 2.75) is 55.0 Å². The number of fused-ring (bicyclic) bond motifs is 2. The van der Waals surface area contributed by atoms with Crippen molar-refractivity contribution in [2.24, 2.45) is 17.8 Å². The van der Waals surface area contributed by atoms with E-state index in [0.29, 0.717) is 6.42 Å². The fourth-order valence-corrected chi connectivity index (χ4v) is 8.08. The molecule has 3 N–H and O–H groups in total. The number of carbonyl (C=O) groups excluding carboxylic acids is 2. The largest absolute Gasteiger partial charge is 0.385 e.